The van der Waals surface area contributed by atoms with Crippen LogP contribution in [0.5, 0.6) is 0 Å². The van der Waals surface area contributed by atoms with Gasteiger partial charge in [0.1, 0.15) is 0 Å². The van der Waals surface area contributed by atoms with Crippen LogP contribution in [0.4, 0.5) is 0 Å². The molecule has 0 saturated carbocycles. The summed E-state index contributed by atoms with van der Waals surface area (Å²) in [5.74, 6) is -0.235. The maximum absolute atomic E-state index is 13.8. The molecule has 3 aliphatic rings. The minimum absolute atomic E-state index is 0.00182. The molecule has 0 N–H and O–H groups in total. The van der Waals surface area contributed by atoms with Crippen molar-refractivity contribution in [2.45, 2.75) is 196 Å². The lowest BCUT2D eigenvalue weighted by Crippen LogP contribution is -2.48. The van der Waals surface area contributed by atoms with Crippen molar-refractivity contribution in [3.8, 4) is 0 Å². The van der Waals surface area contributed by atoms with Gasteiger partial charge in [-0.15, -0.1) is 0 Å². The Morgan fingerprint density at radius 3 is 2.07 bits per heavy atom. The Bertz CT molecular complexity index is 1780. The monoisotopic (exact) mass is 928 g/mol. The summed E-state index contributed by atoms with van der Waals surface area (Å²) in [7, 11) is -11.5. The summed E-state index contributed by atoms with van der Waals surface area (Å²) in [6.45, 7) is 32.8. The van der Waals surface area contributed by atoms with Crippen LogP contribution in [0.25, 0.3) is 0 Å². The van der Waals surface area contributed by atoms with Gasteiger partial charge in [0.25, 0.3) is 10.1 Å². The lowest BCUT2D eigenvalue weighted by molar-refractivity contribution is -0.0588. The second-order valence-corrected chi connectivity index (χ2v) is 34.1. The fourth-order valence-corrected chi connectivity index (χ4v) is 12.6. The second kappa shape index (κ2) is 21.8. The summed E-state index contributed by atoms with van der Waals surface area (Å²) in [6, 6.07) is 8.65. The Labute approximate surface area is 372 Å². The van der Waals surface area contributed by atoms with Crippen LogP contribution in [0, 0.1) is 5.92 Å². The van der Waals surface area contributed by atoms with Gasteiger partial charge in [0, 0.05) is 18.8 Å². The van der Waals surface area contributed by atoms with Crippen molar-refractivity contribution < 1.29 is 48.8 Å². The average Bonchev–Trinajstić information content (AvgIpc) is 3.89. The highest BCUT2D eigenvalue weighted by Crippen LogP contribution is 2.42. The highest BCUT2D eigenvalue weighted by atomic mass is 32.2. The first-order chi connectivity index (χ1) is 28.1. The van der Waals surface area contributed by atoms with Gasteiger partial charge in [-0.2, -0.15) is 8.42 Å². The van der Waals surface area contributed by atoms with Crippen molar-refractivity contribution in [1.82, 2.24) is 0 Å². The first-order valence-corrected chi connectivity index (χ1v) is 31.8. The summed E-state index contributed by atoms with van der Waals surface area (Å²) in [4.78, 5) is 0.316. The molecule has 350 valence electrons. The van der Waals surface area contributed by atoms with E-state index in [0.717, 1.165) is 36.7 Å². The molecule has 3 heterocycles. The molecule has 0 bridgehead atoms. The van der Waals surface area contributed by atoms with E-state index in [4.69, 9.17) is 32.0 Å². The van der Waals surface area contributed by atoms with Gasteiger partial charge in [0.15, 0.2) is 32.8 Å². The van der Waals surface area contributed by atoms with Crippen LogP contribution in [0.3, 0.4) is 0 Å². The summed E-state index contributed by atoms with van der Waals surface area (Å²) in [6.07, 6.45) is 6.47. The van der Waals surface area contributed by atoms with Gasteiger partial charge in [-0.05, 0) is 112 Å². The lowest BCUT2D eigenvalue weighted by Gasteiger charge is -2.42. The van der Waals surface area contributed by atoms with E-state index >= 15 is 0 Å². The first kappa shape index (κ1) is 52.4. The van der Waals surface area contributed by atoms with Gasteiger partial charge < -0.3 is 27.8 Å². The molecular weight excluding hydrogens is 849 g/mol. The van der Waals surface area contributed by atoms with Crippen LogP contribution in [-0.4, -0.2) is 108 Å². The highest BCUT2D eigenvalue weighted by Gasteiger charge is 2.44. The minimum Gasteiger partial charge on any atom is -0.414 e. The molecule has 61 heavy (non-hydrogen) atoms. The maximum Gasteiger partial charge on any atom is 0.264 e. The van der Waals surface area contributed by atoms with E-state index in [1.54, 1.807) is 24.3 Å². The van der Waals surface area contributed by atoms with Gasteiger partial charge in [-0.25, -0.2) is 8.42 Å². The predicted octanol–water partition coefficient (Wildman–Crippen LogP) is 10.1. The van der Waals surface area contributed by atoms with Gasteiger partial charge in [0.05, 0.1) is 73.3 Å². The number of ether oxygens (including phenoxy) is 4. The SMILES string of the molecule is C=C(CC[C@@H](CC[C@@H]1O[C@@H](CCC2OCCO2)CC1=C)OS(C)(=O)=O)CC[C@@H]1O[C@H](CC(CO[Si](C)(C)C(C)(C)C)O[Si](C)(C)C(C)(C)C)C[C@H]1CS(=O)(=O)c1ccccc1. The molecule has 3 aliphatic heterocycles. The average molecular weight is 929 g/mol. The Kier molecular flexibility index (Phi) is 18.7. The topological polar surface area (TPSA) is 133 Å². The largest absolute Gasteiger partial charge is 0.414 e. The molecular formula is C46H80O11S2Si2. The third-order valence-corrected chi connectivity index (χ3v) is 25.1. The molecule has 1 aromatic carbocycles. The summed E-state index contributed by atoms with van der Waals surface area (Å²) in [5, 5.41) is 0.0471. The fraction of sp³-hybridized carbons (Fsp3) is 0.783. The van der Waals surface area contributed by atoms with E-state index in [9.17, 15) is 16.8 Å². The number of benzene rings is 1. The van der Waals surface area contributed by atoms with E-state index in [2.05, 4.69) is 80.9 Å². The molecule has 0 amide bonds. The van der Waals surface area contributed by atoms with E-state index in [1.807, 2.05) is 6.07 Å². The van der Waals surface area contributed by atoms with Crippen LogP contribution >= 0.6 is 0 Å². The van der Waals surface area contributed by atoms with Crippen molar-refractivity contribution in [2.75, 3.05) is 31.8 Å². The van der Waals surface area contributed by atoms with Crippen molar-refractivity contribution in [3.63, 3.8) is 0 Å². The van der Waals surface area contributed by atoms with E-state index in [0.29, 0.717) is 76.1 Å². The molecule has 15 heteroatoms. The first-order valence-electron chi connectivity index (χ1n) is 22.5. The number of hydrogen-bond acceptors (Lipinski definition) is 11. The molecule has 11 nitrogen and oxygen atoms in total. The van der Waals surface area contributed by atoms with Gasteiger partial charge in [-0.3, -0.25) is 4.18 Å². The van der Waals surface area contributed by atoms with E-state index in [1.165, 1.54) is 0 Å². The summed E-state index contributed by atoms with van der Waals surface area (Å²) >= 11 is 0. The van der Waals surface area contributed by atoms with Gasteiger partial charge in [0.2, 0.25) is 0 Å². The third kappa shape index (κ3) is 16.6. The van der Waals surface area contributed by atoms with Crippen LogP contribution in [0.1, 0.15) is 112 Å². The minimum atomic E-state index is -3.70. The Morgan fingerprint density at radius 2 is 1.46 bits per heavy atom. The molecule has 3 saturated heterocycles. The molecule has 3 fully saturated rings. The third-order valence-electron chi connectivity index (χ3n) is 13.6. The summed E-state index contributed by atoms with van der Waals surface area (Å²) in [5.41, 5.74) is 1.96. The van der Waals surface area contributed by atoms with Crippen LogP contribution in [0.2, 0.25) is 36.3 Å². The summed E-state index contributed by atoms with van der Waals surface area (Å²) < 4.78 is 95.9. The molecule has 0 aromatic heterocycles. The number of allylic oxidation sites excluding steroid dienone is 1. The Hall–Kier alpha value is -1.25. The van der Waals surface area contributed by atoms with Crippen molar-refractivity contribution in [1.29, 1.82) is 0 Å². The van der Waals surface area contributed by atoms with Gasteiger partial charge >= 0.3 is 0 Å². The van der Waals surface area contributed by atoms with Crippen molar-refractivity contribution in [3.05, 3.63) is 54.6 Å². The van der Waals surface area contributed by atoms with E-state index in [-0.39, 0.29) is 58.6 Å². The fourth-order valence-electron chi connectivity index (χ4n) is 7.89. The van der Waals surface area contributed by atoms with Crippen LogP contribution < -0.4 is 0 Å². The molecule has 4 rings (SSSR count). The normalized spacial score (nSPS) is 24.7. The Balaban J connectivity index is 1.41. The number of hydrogen-bond donors (Lipinski definition) is 0. The van der Waals surface area contributed by atoms with Gasteiger partial charge in [-0.1, -0.05) is 78.5 Å². The smallest absolute Gasteiger partial charge is 0.264 e. The quantitative estimate of drug-likeness (QED) is 0.0557. The number of rotatable bonds is 24. The standard InChI is InChI=1S/C46H80O11S2Si2/c1-34(19-21-37(56-58(9,47)48)22-25-42-35(2)29-38(54-42)23-26-44-51-27-28-52-44)20-24-43-36(33-59(49,50)41-17-15-14-16-18-41)30-39(55-43)31-40(57-61(12,13)46(6,7)8)32-53-60(10,11)45(3,4)5/h14-18,36-40,42-44H,1-2,19-33H2,3-13H3/t36-,37-,38-,39-,40?,42-,43-/m0/s1. The van der Waals surface area contributed by atoms with Crippen molar-refractivity contribution in [2.24, 2.45) is 5.92 Å². The van der Waals surface area contributed by atoms with Crippen LogP contribution in [0.15, 0.2) is 59.5 Å². The van der Waals surface area contributed by atoms with Crippen LogP contribution in [-0.2, 0) is 51.9 Å². The molecule has 0 spiro atoms. The number of sulfone groups is 1. The Morgan fingerprint density at radius 1 is 0.820 bits per heavy atom. The maximum atomic E-state index is 13.8. The molecule has 1 unspecified atom stereocenters. The molecule has 0 aliphatic carbocycles. The zero-order valence-corrected chi connectivity index (χ0v) is 43.0. The molecule has 7 atom stereocenters. The highest BCUT2D eigenvalue weighted by molar-refractivity contribution is 7.91. The zero-order valence-electron chi connectivity index (χ0n) is 39.3. The van der Waals surface area contributed by atoms with E-state index < -0.39 is 42.7 Å². The van der Waals surface area contributed by atoms with Crippen molar-refractivity contribution >= 4 is 36.6 Å². The molecule has 1 aromatic rings. The zero-order chi connectivity index (χ0) is 45.4. The predicted molar refractivity (Wildman–Crippen MR) is 249 cm³/mol. The second-order valence-electron chi connectivity index (χ2n) is 20.9. The lowest BCUT2D eigenvalue weighted by atomic mass is 9.93. The molecule has 0 radical (unpaired) electrons.